The van der Waals surface area contributed by atoms with Crippen LogP contribution >= 0.6 is 11.6 Å². The van der Waals surface area contributed by atoms with E-state index in [1.54, 1.807) is 0 Å². The molecule has 0 saturated carbocycles. The van der Waals surface area contributed by atoms with Crippen LogP contribution in [0.4, 0.5) is 0 Å². The number of halogens is 1. The van der Waals surface area contributed by atoms with Crippen LogP contribution in [0.25, 0.3) is 0 Å². The predicted octanol–water partition coefficient (Wildman–Crippen LogP) is 1.57. The van der Waals surface area contributed by atoms with Gasteiger partial charge in [0.1, 0.15) is 0 Å². The zero-order valence-corrected chi connectivity index (χ0v) is 5.40. The minimum absolute atomic E-state index is 0.265. The van der Waals surface area contributed by atoms with Gasteiger partial charge in [0.15, 0.2) is 0 Å². The maximum Gasteiger partial charge on any atom is 0.0748 e. The minimum Gasteiger partial charge on any atom is -0.373 e. The highest BCUT2D eigenvalue weighted by atomic mass is 35.5. The highest BCUT2D eigenvalue weighted by Crippen LogP contribution is 2.06. The molecule has 1 heterocycles. The molecular weight excluding hydrogens is 124 g/mol. The van der Waals surface area contributed by atoms with E-state index < -0.39 is 0 Å². The molecule has 0 amide bonds. The molecule has 0 aromatic heterocycles. The third kappa shape index (κ3) is 1.49. The highest BCUT2D eigenvalue weighted by Gasteiger charge is 2.06. The van der Waals surface area contributed by atoms with Crippen molar-refractivity contribution >= 4 is 11.6 Å². The lowest BCUT2D eigenvalue weighted by atomic mass is 10.2. The topological polar surface area (TPSA) is 9.23 Å². The molecule has 2 heteroatoms. The van der Waals surface area contributed by atoms with Crippen molar-refractivity contribution in [1.82, 2.24) is 0 Å². The Morgan fingerprint density at radius 3 is 2.88 bits per heavy atom. The largest absolute Gasteiger partial charge is 0.373 e. The van der Waals surface area contributed by atoms with E-state index in [4.69, 9.17) is 16.3 Å². The molecule has 1 atom stereocenters. The second-order valence-electron chi connectivity index (χ2n) is 1.82. The fraction of sp³-hybridized carbons (Fsp3) is 0.667. The molecule has 0 aromatic carbocycles. The van der Waals surface area contributed by atoms with Crippen molar-refractivity contribution in [3.63, 3.8) is 0 Å². The van der Waals surface area contributed by atoms with E-state index in [0.29, 0.717) is 5.88 Å². The second kappa shape index (κ2) is 3.10. The molecule has 1 nitrogen and oxygen atoms in total. The molecule has 0 spiro atoms. The molecule has 0 aliphatic carbocycles. The Labute approximate surface area is 54.3 Å². The van der Waals surface area contributed by atoms with Crippen LogP contribution in [0, 0.1) is 0 Å². The number of alkyl halides is 1. The van der Waals surface area contributed by atoms with Crippen molar-refractivity contribution in [2.45, 2.75) is 12.5 Å². The summed E-state index contributed by atoms with van der Waals surface area (Å²) in [6.07, 6.45) is 5.37. The van der Waals surface area contributed by atoms with Crippen LogP contribution in [0.1, 0.15) is 6.42 Å². The van der Waals surface area contributed by atoms with Gasteiger partial charge in [-0.2, -0.15) is 0 Å². The standard InChI is InChI=1S/C6H9ClO/c7-5-6-3-1-2-4-8-6/h1-2,6H,3-5H2. The summed E-state index contributed by atoms with van der Waals surface area (Å²) in [6, 6.07) is 0. The van der Waals surface area contributed by atoms with Gasteiger partial charge in [0.05, 0.1) is 12.7 Å². The Morgan fingerprint density at radius 1 is 1.62 bits per heavy atom. The monoisotopic (exact) mass is 132 g/mol. The molecule has 0 bridgehead atoms. The number of ether oxygens (including phenoxy) is 1. The first-order chi connectivity index (χ1) is 3.93. The molecule has 1 unspecified atom stereocenters. The first-order valence-electron chi connectivity index (χ1n) is 2.76. The van der Waals surface area contributed by atoms with Gasteiger partial charge in [-0.1, -0.05) is 12.2 Å². The van der Waals surface area contributed by atoms with Crippen molar-refractivity contribution in [1.29, 1.82) is 0 Å². The van der Waals surface area contributed by atoms with Crippen LogP contribution in [0.5, 0.6) is 0 Å². The first kappa shape index (κ1) is 6.12. The van der Waals surface area contributed by atoms with Crippen molar-refractivity contribution in [3.05, 3.63) is 12.2 Å². The zero-order valence-electron chi connectivity index (χ0n) is 4.64. The van der Waals surface area contributed by atoms with E-state index in [1.807, 2.05) is 6.08 Å². The molecule has 0 N–H and O–H groups in total. The summed E-state index contributed by atoms with van der Waals surface area (Å²) in [4.78, 5) is 0. The summed E-state index contributed by atoms with van der Waals surface area (Å²) in [5.74, 6) is 0.615. The van der Waals surface area contributed by atoms with E-state index in [2.05, 4.69) is 6.08 Å². The summed E-state index contributed by atoms with van der Waals surface area (Å²) in [6.45, 7) is 0.734. The van der Waals surface area contributed by atoms with Crippen LogP contribution in [-0.4, -0.2) is 18.6 Å². The van der Waals surface area contributed by atoms with E-state index in [1.165, 1.54) is 0 Å². The lowest BCUT2D eigenvalue weighted by Gasteiger charge is -2.14. The number of hydrogen-bond acceptors (Lipinski definition) is 1. The molecule has 1 aliphatic rings. The summed E-state index contributed by atoms with van der Waals surface area (Å²) >= 11 is 5.52. The second-order valence-corrected chi connectivity index (χ2v) is 2.13. The van der Waals surface area contributed by atoms with Crippen molar-refractivity contribution in [2.24, 2.45) is 0 Å². The Morgan fingerprint density at radius 2 is 2.50 bits per heavy atom. The van der Waals surface area contributed by atoms with Gasteiger partial charge in [-0.15, -0.1) is 11.6 Å². The molecule has 0 aromatic rings. The molecule has 0 saturated heterocycles. The molecule has 0 radical (unpaired) electrons. The molecule has 1 rings (SSSR count). The maximum atomic E-state index is 5.52. The quantitative estimate of drug-likeness (QED) is 0.389. The maximum absolute atomic E-state index is 5.52. The lowest BCUT2D eigenvalue weighted by Crippen LogP contribution is -2.16. The minimum atomic E-state index is 0.265. The van der Waals surface area contributed by atoms with Crippen LogP contribution < -0.4 is 0 Å². The summed E-state index contributed by atoms with van der Waals surface area (Å²) in [5, 5.41) is 0. The normalized spacial score (nSPS) is 28.4. The van der Waals surface area contributed by atoms with E-state index >= 15 is 0 Å². The average molecular weight is 133 g/mol. The van der Waals surface area contributed by atoms with Gasteiger partial charge in [-0.25, -0.2) is 0 Å². The molecule has 0 fully saturated rings. The average Bonchev–Trinajstić information content (AvgIpc) is 1.90. The Bertz CT molecular complexity index is 90.5. The zero-order chi connectivity index (χ0) is 5.82. The van der Waals surface area contributed by atoms with Gasteiger partial charge in [0.25, 0.3) is 0 Å². The predicted molar refractivity (Wildman–Crippen MR) is 34.2 cm³/mol. The number of rotatable bonds is 1. The Kier molecular flexibility index (Phi) is 2.37. The van der Waals surface area contributed by atoms with Crippen LogP contribution in [0.15, 0.2) is 12.2 Å². The fourth-order valence-electron chi connectivity index (χ4n) is 0.683. The molecule has 1 aliphatic heterocycles. The summed E-state index contributed by atoms with van der Waals surface area (Å²) < 4.78 is 5.21. The Balaban J connectivity index is 2.27. The fourth-order valence-corrected chi connectivity index (χ4v) is 0.898. The van der Waals surface area contributed by atoms with E-state index in [-0.39, 0.29) is 6.10 Å². The van der Waals surface area contributed by atoms with Gasteiger partial charge in [-0.3, -0.25) is 0 Å². The molecular formula is C6H9ClO. The molecule has 8 heavy (non-hydrogen) atoms. The third-order valence-corrected chi connectivity index (χ3v) is 1.51. The first-order valence-corrected chi connectivity index (χ1v) is 3.29. The summed E-state index contributed by atoms with van der Waals surface area (Å²) in [5.41, 5.74) is 0. The summed E-state index contributed by atoms with van der Waals surface area (Å²) in [7, 11) is 0. The van der Waals surface area contributed by atoms with Crippen LogP contribution in [0.2, 0.25) is 0 Å². The van der Waals surface area contributed by atoms with Crippen LogP contribution in [-0.2, 0) is 4.74 Å². The molecule has 46 valence electrons. The van der Waals surface area contributed by atoms with E-state index in [9.17, 15) is 0 Å². The van der Waals surface area contributed by atoms with Crippen molar-refractivity contribution < 1.29 is 4.74 Å². The van der Waals surface area contributed by atoms with Gasteiger partial charge >= 0.3 is 0 Å². The van der Waals surface area contributed by atoms with Gasteiger partial charge in [-0.05, 0) is 6.42 Å². The SMILES string of the molecule is ClCC1CC=CCO1. The third-order valence-electron chi connectivity index (χ3n) is 1.17. The highest BCUT2D eigenvalue weighted by molar-refractivity contribution is 6.18. The smallest absolute Gasteiger partial charge is 0.0748 e. The number of hydrogen-bond donors (Lipinski definition) is 0. The van der Waals surface area contributed by atoms with Crippen molar-refractivity contribution in [3.8, 4) is 0 Å². The van der Waals surface area contributed by atoms with Gasteiger partial charge < -0.3 is 4.74 Å². The van der Waals surface area contributed by atoms with Crippen LogP contribution in [0.3, 0.4) is 0 Å². The Hall–Kier alpha value is -0.0100. The lowest BCUT2D eigenvalue weighted by molar-refractivity contribution is 0.0845. The van der Waals surface area contributed by atoms with Gasteiger partial charge in [0, 0.05) is 5.88 Å². The van der Waals surface area contributed by atoms with Gasteiger partial charge in [0.2, 0.25) is 0 Å². The van der Waals surface area contributed by atoms with E-state index in [0.717, 1.165) is 13.0 Å². The van der Waals surface area contributed by atoms with Crippen molar-refractivity contribution in [2.75, 3.05) is 12.5 Å².